The number of aliphatic hydroxyl groups excluding tert-OH is 1. The second-order valence-corrected chi connectivity index (χ2v) is 11.7. The van der Waals surface area contributed by atoms with E-state index in [-0.39, 0.29) is 11.3 Å². The number of hydrogen-bond acceptors (Lipinski definition) is 8. The Labute approximate surface area is 226 Å². The first-order valence-corrected chi connectivity index (χ1v) is 13.2. The summed E-state index contributed by atoms with van der Waals surface area (Å²) in [6.07, 6.45) is -1.69. The van der Waals surface area contributed by atoms with Gasteiger partial charge in [0.05, 0.1) is 23.6 Å². The molecule has 0 aliphatic heterocycles. The highest BCUT2D eigenvalue weighted by Crippen LogP contribution is 2.55. The number of phenolic OH excluding ortho intramolecular Hbond substituents is 1. The summed E-state index contributed by atoms with van der Waals surface area (Å²) in [5, 5.41) is 34.6. The fourth-order valence-corrected chi connectivity index (χ4v) is 7.57. The van der Waals surface area contributed by atoms with Gasteiger partial charge in [0.15, 0.2) is 17.3 Å². The van der Waals surface area contributed by atoms with Gasteiger partial charge in [-0.15, -0.1) is 0 Å². The molecule has 2 aromatic rings. The van der Waals surface area contributed by atoms with Crippen molar-refractivity contribution in [2.45, 2.75) is 50.4 Å². The van der Waals surface area contributed by atoms with Crippen molar-refractivity contribution in [1.29, 1.82) is 0 Å². The summed E-state index contributed by atoms with van der Waals surface area (Å²) < 4.78 is 0. The van der Waals surface area contributed by atoms with Crippen LogP contribution < -0.4 is 5.73 Å². The predicted molar refractivity (Wildman–Crippen MR) is 141 cm³/mol. The molecule has 1 amide bonds. The molecule has 8 unspecified atom stereocenters. The number of amides is 1. The van der Waals surface area contributed by atoms with E-state index in [0.29, 0.717) is 12.0 Å². The molecule has 0 saturated heterocycles. The zero-order chi connectivity index (χ0) is 28.5. The number of primary amides is 1. The van der Waals surface area contributed by atoms with E-state index >= 15 is 0 Å². The van der Waals surface area contributed by atoms with Gasteiger partial charge in [0, 0.05) is 18.3 Å². The molecule has 2 saturated carbocycles. The molecule has 0 aromatic heterocycles. The van der Waals surface area contributed by atoms with Crippen molar-refractivity contribution in [3.05, 3.63) is 64.2 Å². The third-order valence-electron chi connectivity index (χ3n) is 9.00. The number of carbonyl (C=O) groups is 4. The van der Waals surface area contributed by atoms with Gasteiger partial charge >= 0.3 is 0 Å². The number of aromatic hydroxyl groups is 1. The fraction of sp³-hybridized carbons (Fsp3) is 0.467. The molecular formula is C30H34N2O7. The van der Waals surface area contributed by atoms with E-state index in [9.17, 15) is 34.5 Å². The van der Waals surface area contributed by atoms with E-state index < -0.39 is 77.0 Å². The van der Waals surface area contributed by atoms with Crippen LogP contribution in [0, 0.1) is 37.5 Å². The first-order chi connectivity index (χ1) is 18.3. The molecule has 3 aliphatic carbocycles. The highest BCUT2D eigenvalue weighted by Gasteiger charge is 2.69. The Hall–Kier alpha value is -3.40. The van der Waals surface area contributed by atoms with Crippen LogP contribution in [0.1, 0.15) is 45.0 Å². The zero-order valence-electron chi connectivity index (χ0n) is 22.4. The van der Waals surface area contributed by atoms with E-state index in [1.54, 1.807) is 26.2 Å². The number of likely N-dealkylation sites (N-methyl/N-ethyl adjacent to an activating group) is 1. The van der Waals surface area contributed by atoms with E-state index in [0.717, 1.165) is 16.7 Å². The molecule has 0 bridgehead atoms. The summed E-state index contributed by atoms with van der Waals surface area (Å²) in [6, 6.07) is 9.55. The third kappa shape index (κ3) is 4.02. The summed E-state index contributed by atoms with van der Waals surface area (Å²) in [5.41, 5.74) is 6.65. The number of hydrogen-bond donors (Lipinski definition) is 4. The van der Waals surface area contributed by atoms with E-state index in [2.05, 4.69) is 0 Å². The topological polar surface area (TPSA) is 158 Å². The maximum Gasteiger partial charge on any atom is 0.228 e. The normalized spacial score (nSPS) is 33.9. The number of rotatable bonds is 4. The second kappa shape index (κ2) is 9.36. The van der Waals surface area contributed by atoms with Crippen LogP contribution in [0.5, 0.6) is 5.75 Å². The van der Waals surface area contributed by atoms with Crippen molar-refractivity contribution in [3.63, 3.8) is 0 Å². The standard InChI is InChI=1S/C30H34N2O7/c1-13-8-14(2)10-15(9-13)11-17-16-6-5-7-19(33)20(16)26(35)22-21(17)27(36)23-24(32(3)4)25(34)18(29(31)38)12-30(23,39)28(22)37/h5-10,17-18,21-24,27,33,36,39H,11-12H2,1-4H3,(H2,31,38). The number of benzene rings is 2. The molecule has 0 heterocycles. The molecule has 3 aliphatic rings. The summed E-state index contributed by atoms with van der Waals surface area (Å²) in [6.45, 7) is 3.93. The van der Waals surface area contributed by atoms with Gasteiger partial charge in [-0.3, -0.25) is 24.1 Å². The van der Waals surface area contributed by atoms with E-state index in [1.165, 1.54) is 11.0 Å². The lowest BCUT2D eigenvalue weighted by Gasteiger charge is -2.57. The minimum Gasteiger partial charge on any atom is -0.507 e. The Morgan fingerprint density at radius 1 is 1.10 bits per heavy atom. The monoisotopic (exact) mass is 534 g/mol. The predicted octanol–water partition coefficient (Wildman–Crippen LogP) is 1.06. The van der Waals surface area contributed by atoms with E-state index in [4.69, 9.17) is 5.73 Å². The minimum atomic E-state index is -2.34. The van der Waals surface area contributed by atoms with Crippen molar-refractivity contribution in [1.82, 2.24) is 4.90 Å². The molecule has 5 N–H and O–H groups in total. The van der Waals surface area contributed by atoms with E-state index in [1.807, 2.05) is 32.0 Å². The first kappa shape index (κ1) is 27.2. The van der Waals surface area contributed by atoms with Crippen LogP contribution >= 0.6 is 0 Å². The summed E-state index contributed by atoms with van der Waals surface area (Å²) in [5.74, 6) is -9.11. The number of nitrogens with zero attached hydrogens (tertiary/aromatic N) is 1. The lowest BCUT2D eigenvalue weighted by molar-refractivity contribution is -0.197. The molecule has 5 rings (SSSR count). The average Bonchev–Trinajstić information content (AvgIpc) is 2.83. The number of ketones is 3. The quantitative estimate of drug-likeness (QED) is 0.424. The zero-order valence-corrected chi connectivity index (χ0v) is 22.4. The molecule has 206 valence electrons. The Balaban J connectivity index is 1.71. The number of carbonyl (C=O) groups excluding carboxylic acids is 4. The van der Waals surface area contributed by atoms with Crippen LogP contribution in [-0.4, -0.2) is 75.3 Å². The van der Waals surface area contributed by atoms with Crippen LogP contribution in [0.2, 0.25) is 0 Å². The van der Waals surface area contributed by atoms with Gasteiger partial charge in [0.25, 0.3) is 0 Å². The number of aliphatic hydroxyl groups is 2. The second-order valence-electron chi connectivity index (χ2n) is 11.7. The highest BCUT2D eigenvalue weighted by molar-refractivity contribution is 6.18. The van der Waals surface area contributed by atoms with Crippen molar-refractivity contribution >= 4 is 23.3 Å². The maximum absolute atomic E-state index is 14.2. The smallest absolute Gasteiger partial charge is 0.228 e. The lowest BCUT2D eigenvalue weighted by Crippen LogP contribution is -2.74. The Morgan fingerprint density at radius 3 is 2.33 bits per heavy atom. The van der Waals surface area contributed by atoms with Crippen molar-refractivity contribution in [2.24, 2.45) is 29.4 Å². The Morgan fingerprint density at radius 2 is 1.74 bits per heavy atom. The SMILES string of the molecule is Cc1cc(C)cc(CC2c3cccc(O)c3C(=O)C3C(=O)C4(O)CC(C(N)=O)C(=O)C(N(C)C)C4C(O)C32)c1. The first-order valence-electron chi connectivity index (χ1n) is 13.2. The van der Waals surface area contributed by atoms with Crippen molar-refractivity contribution in [2.75, 3.05) is 14.1 Å². The molecule has 9 heteroatoms. The van der Waals surface area contributed by atoms with Crippen LogP contribution in [0.3, 0.4) is 0 Å². The molecule has 39 heavy (non-hydrogen) atoms. The van der Waals surface area contributed by atoms with Gasteiger partial charge in [-0.25, -0.2) is 0 Å². The molecule has 2 aromatic carbocycles. The van der Waals surface area contributed by atoms with Crippen LogP contribution in [0.15, 0.2) is 36.4 Å². The van der Waals surface area contributed by atoms with Crippen LogP contribution in [0.25, 0.3) is 0 Å². The molecular weight excluding hydrogens is 500 g/mol. The highest BCUT2D eigenvalue weighted by atomic mass is 16.3. The number of phenols is 1. The van der Waals surface area contributed by atoms with Gasteiger partial charge in [-0.2, -0.15) is 0 Å². The van der Waals surface area contributed by atoms with Crippen molar-refractivity contribution < 1.29 is 34.5 Å². The fourth-order valence-electron chi connectivity index (χ4n) is 7.57. The molecule has 0 radical (unpaired) electrons. The van der Waals surface area contributed by atoms with Crippen LogP contribution in [-0.2, 0) is 20.8 Å². The van der Waals surface area contributed by atoms with Gasteiger partial charge in [0.2, 0.25) is 5.91 Å². The maximum atomic E-state index is 14.2. The van der Waals surface area contributed by atoms with Gasteiger partial charge in [-0.1, -0.05) is 41.5 Å². The average molecular weight is 535 g/mol. The van der Waals surface area contributed by atoms with Gasteiger partial charge in [-0.05, 0) is 57.5 Å². The third-order valence-corrected chi connectivity index (χ3v) is 9.00. The molecule has 9 nitrogen and oxygen atoms in total. The largest absolute Gasteiger partial charge is 0.507 e. The lowest BCUT2D eigenvalue weighted by atomic mass is 9.49. The molecule has 8 atom stereocenters. The van der Waals surface area contributed by atoms with Crippen LogP contribution in [0.4, 0.5) is 0 Å². The number of aryl methyl sites for hydroxylation is 2. The Bertz CT molecular complexity index is 1380. The summed E-state index contributed by atoms with van der Waals surface area (Å²) >= 11 is 0. The van der Waals surface area contributed by atoms with Gasteiger partial charge < -0.3 is 21.1 Å². The number of Topliss-reactive ketones (excluding diaryl/α,β-unsaturated/α-hetero) is 3. The van der Waals surface area contributed by atoms with Crippen molar-refractivity contribution in [3.8, 4) is 5.75 Å². The molecule has 0 spiro atoms. The Kier molecular flexibility index (Phi) is 6.52. The summed E-state index contributed by atoms with van der Waals surface area (Å²) in [4.78, 5) is 55.1. The minimum absolute atomic E-state index is 0.00165. The number of fused-ring (bicyclic) bond motifs is 3. The van der Waals surface area contributed by atoms with Gasteiger partial charge in [0.1, 0.15) is 17.3 Å². The summed E-state index contributed by atoms with van der Waals surface area (Å²) in [7, 11) is 3.14. The molecule has 2 fully saturated rings. The number of nitrogens with two attached hydrogens (primary N) is 1.